The minimum atomic E-state index is -3.30. The Hall–Kier alpha value is -2.42. The molecule has 0 saturated carbocycles. The summed E-state index contributed by atoms with van der Waals surface area (Å²) >= 11 is 1.69. The second-order valence-electron chi connectivity index (χ2n) is 12.0. The zero-order chi connectivity index (χ0) is 30.1. The Kier molecular flexibility index (Phi) is 9.18. The topological polar surface area (TPSA) is 121 Å². The molecule has 0 radical (unpaired) electrons. The third kappa shape index (κ3) is 6.66. The molecule has 0 aromatic carbocycles. The number of fused-ring (bicyclic) bond motifs is 1. The normalized spacial score (nSPS) is 21.2. The van der Waals surface area contributed by atoms with E-state index in [0.29, 0.717) is 55.8 Å². The van der Waals surface area contributed by atoms with Gasteiger partial charge >= 0.3 is 0 Å². The van der Waals surface area contributed by atoms with Crippen molar-refractivity contribution >= 4 is 37.3 Å². The van der Waals surface area contributed by atoms with Crippen LogP contribution in [0.1, 0.15) is 41.7 Å². The molecule has 1 N–H and O–H groups in total. The molecule has 43 heavy (non-hydrogen) atoms. The molecule has 6 rings (SSSR count). The maximum Gasteiger partial charge on any atom is 0.226 e. The van der Waals surface area contributed by atoms with E-state index in [2.05, 4.69) is 26.6 Å². The number of likely N-dealkylation sites (tertiary alicyclic amines) is 2. The van der Waals surface area contributed by atoms with Gasteiger partial charge in [-0.15, -0.1) is 11.3 Å². The molecule has 3 aliphatic heterocycles. The highest BCUT2D eigenvalue weighted by atomic mass is 32.2. The Morgan fingerprint density at radius 3 is 2.58 bits per heavy atom. The number of piperidine rings is 1. The van der Waals surface area contributed by atoms with Gasteiger partial charge in [-0.1, -0.05) is 0 Å². The summed E-state index contributed by atoms with van der Waals surface area (Å²) in [5.41, 5.74) is 4.21. The molecule has 6 heterocycles. The average Bonchev–Trinajstić information content (AvgIpc) is 3.61. The van der Waals surface area contributed by atoms with Crippen molar-refractivity contribution in [1.82, 2.24) is 24.8 Å². The van der Waals surface area contributed by atoms with E-state index in [1.165, 1.54) is 30.2 Å². The first-order valence-corrected chi connectivity index (χ1v) is 18.0. The summed E-state index contributed by atoms with van der Waals surface area (Å²) in [6, 6.07) is 2.70. The number of methoxy groups -OCH3 is 1. The van der Waals surface area contributed by atoms with Crippen molar-refractivity contribution in [1.29, 1.82) is 0 Å². The summed E-state index contributed by atoms with van der Waals surface area (Å²) in [5, 5.41) is 9.82. The van der Waals surface area contributed by atoms with E-state index in [4.69, 9.17) is 19.4 Å². The molecular formula is C30H42N6O5S2. The van der Waals surface area contributed by atoms with E-state index in [1.54, 1.807) is 17.5 Å². The van der Waals surface area contributed by atoms with Gasteiger partial charge in [-0.2, -0.15) is 0 Å². The van der Waals surface area contributed by atoms with Crippen LogP contribution in [0.15, 0.2) is 12.3 Å². The molecule has 3 aliphatic rings. The van der Waals surface area contributed by atoms with E-state index in [-0.39, 0.29) is 12.4 Å². The van der Waals surface area contributed by atoms with E-state index in [0.717, 1.165) is 66.9 Å². The fraction of sp³-hybridized carbons (Fsp3) is 0.633. The third-order valence-electron chi connectivity index (χ3n) is 8.96. The summed E-state index contributed by atoms with van der Waals surface area (Å²) < 4.78 is 36.4. The number of aliphatic hydroxyl groups excluding tert-OH is 1. The van der Waals surface area contributed by atoms with Gasteiger partial charge in [-0.3, -0.25) is 9.80 Å². The van der Waals surface area contributed by atoms with Crippen LogP contribution in [0.4, 0.5) is 5.95 Å². The van der Waals surface area contributed by atoms with Gasteiger partial charge in [0, 0.05) is 65.7 Å². The van der Waals surface area contributed by atoms with Crippen LogP contribution in [0.5, 0.6) is 5.88 Å². The Labute approximate surface area is 257 Å². The summed E-state index contributed by atoms with van der Waals surface area (Å²) in [4.78, 5) is 23.1. The Bertz CT molecular complexity index is 1550. The molecule has 0 amide bonds. The van der Waals surface area contributed by atoms with Crippen LogP contribution in [0.3, 0.4) is 0 Å². The van der Waals surface area contributed by atoms with Gasteiger partial charge < -0.3 is 19.5 Å². The number of nitrogens with zero attached hydrogens (tertiary/aromatic N) is 6. The molecule has 3 saturated heterocycles. The molecule has 0 bridgehead atoms. The van der Waals surface area contributed by atoms with Crippen molar-refractivity contribution in [3.63, 3.8) is 0 Å². The Morgan fingerprint density at radius 1 is 1.12 bits per heavy atom. The number of morpholine rings is 1. The molecule has 3 aromatic heterocycles. The predicted molar refractivity (Wildman–Crippen MR) is 169 cm³/mol. The molecule has 0 aliphatic carbocycles. The first-order valence-electron chi connectivity index (χ1n) is 15.2. The largest absolute Gasteiger partial charge is 0.481 e. The molecule has 0 unspecified atom stereocenters. The number of rotatable bonds is 9. The fourth-order valence-electron chi connectivity index (χ4n) is 6.77. The zero-order valence-corrected chi connectivity index (χ0v) is 26.9. The smallest absolute Gasteiger partial charge is 0.226 e. The van der Waals surface area contributed by atoms with Crippen molar-refractivity contribution in [2.45, 2.75) is 57.0 Å². The van der Waals surface area contributed by atoms with Crippen LogP contribution >= 0.6 is 11.3 Å². The molecule has 3 fully saturated rings. The number of hydrogen-bond donors (Lipinski definition) is 1. The van der Waals surface area contributed by atoms with Gasteiger partial charge in [0.25, 0.3) is 0 Å². The number of aliphatic hydroxyl groups is 1. The molecule has 0 spiro atoms. The van der Waals surface area contributed by atoms with Crippen LogP contribution in [0.2, 0.25) is 0 Å². The average molecular weight is 631 g/mol. The lowest BCUT2D eigenvalue weighted by Crippen LogP contribution is -2.47. The van der Waals surface area contributed by atoms with Crippen molar-refractivity contribution in [3.05, 3.63) is 28.3 Å². The highest BCUT2D eigenvalue weighted by molar-refractivity contribution is 7.89. The molecule has 13 heteroatoms. The number of aromatic nitrogens is 3. The number of ether oxygens (including phenoxy) is 2. The van der Waals surface area contributed by atoms with Gasteiger partial charge in [-0.25, -0.2) is 23.4 Å². The van der Waals surface area contributed by atoms with Crippen molar-refractivity contribution in [2.24, 2.45) is 0 Å². The summed E-state index contributed by atoms with van der Waals surface area (Å²) in [6.45, 7) is 9.03. The van der Waals surface area contributed by atoms with Gasteiger partial charge in [0.05, 0.1) is 48.6 Å². The van der Waals surface area contributed by atoms with Gasteiger partial charge in [0.1, 0.15) is 0 Å². The number of anilines is 1. The Morgan fingerprint density at radius 2 is 1.88 bits per heavy atom. The first-order chi connectivity index (χ1) is 20.7. The first kappa shape index (κ1) is 30.6. The maximum atomic E-state index is 12.2. The van der Waals surface area contributed by atoms with Crippen LogP contribution < -0.4 is 9.64 Å². The van der Waals surface area contributed by atoms with Crippen molar-refractivity contribution in [2.75, 3.05) is 70.8 Å². The minimum absolute atomic E-state index is 0.164. The van der Waals surface area contributed by atoms with E-state index < -0.39 is 9.84 Å². The van der Waals surface area contributed by atoms with Gasteiger partial charge in [0.2, 0.25) is 11.8 Å². The molecule has 11 nitrogen and oxygen atoms in total. The van der Waals surface area contributed by atoms with Crippen molar-refractivity contribution < 1.29 is 23.0 Å². The monoisotopic (exact) mass is 630 g/mol. The lowest BCUT2D eigenvalue weighted by atomic mass is 10.0. The third-order valence-corrected chi connectivity index (χ3v) is 10.9. The maximum absolute atomic E-state index is 12.2. The second-order valence-corrected chi connectivity index (χ2v) is 15.3. The molecule has 234 valence electrons. The van der Waals surface area contributed by atoms with Crippen LogP contribution in [0.25, 0.3) is 21.5 Å². The highest BCUT2D eigenvalue weighted by Gasteiger charge is 2.33. The molecule has 3 aromatic rings. The zero-order valence-electron chi connectivity index (χ0n) is 25.3. The van der Waals surface area contributed by atoms with Gasteiger partial charge in [-0.05, 0) is 58.3 Å². The number of pyridine rings is 1. The second kappa shape index (κ2) is 12.9. The van der Waals surface area contributed by atoms with E-state index >= 15 is 0 Å². The van der Waals surface area contributed by atoms with Gasteiger partial charge in [0.15, 0.2) is 9.84 Å². The predicted octanol–water partition coefficient (Wildman–Crippen LogP) is 2.87. The molecular weight excluding hydrogens is 589 g/mol. The highest BCUT2D eigenvalue weighted by Crippen LogP contribution is 2.39. The SMILES string of the molecule is COc1ncc(-c2nc(N3CCOCC3)nc3c(CN4CCC(N5CCC[C@H]5CO)CC4)c(C)sc23)cc1CS(C)(=O)=O. The standard InChI is InChI=1S/C30H42N6O5S2/c1-20-25(17-34-9-6-23(7-10-34)36-8-4-5-24(36)18-37)27-28(42-20)26(32-30(33-27)35-11-13-41-14-12-35)21-15-22(19-43(3,38)39)29(40-2)31-16-21/h15-16,23-24,37H,4-14,17-19H2,1-3H3/t24-/m0/s1. The molecule has 1 atom stereocenters. The number of thiophene rings is 1. The summed E-state index contributed by atoms with van der Waals surface area (Å²) in [5.74, 6) is 0.801. The number of hydrogen-bond acceptors (Lipinski definition) is 12. The van der Waals surface area contributed by atoms with Crippen LogP contribution in [-0.2, 0) is 26.9 Å². The number of sulfone groups is 1. The van der Waals surface area contributed by atoms with E-state index in [1.807, 2.05) is 6.07 Å². The number of aryl methyl sites for hydroxylation is 1. The summed E-state index contributed by atoms with van der Waals surface area (Å²) in [6.07, 6.45) is 7.43. The quantitative estimate of drug-likeness (QED) is 0.376. The van der Waals surface area contributed by atoms with Crippen LogP contribution in [0, 0.1) is 6.92 Å². The lowest BCUT2D eigenvalue weighted by Gasteiger charge is -2.39. The fourth-order valence-corrected chi connectivity index (χ4v) is 8.66. The van der Waals surface area contributed by atoms with E-state index in [9.17, 15) is 13.5 Å². The van der Waals surface area contributed by atoms with Crippen LogP contribution in [-0.4, -0.2) is 116 Å². The summed E-state index contributed by atoms with van der Waals surface area (Å²) in [7, 11) is -1.80. The Balaban J connectivity index is 1.34. The lowest BCUT2D eigenvalue weighted by molar-refractivity contribution is 0.0709. The minimum Gasteiger partial charge on any atom is -0.481 e. The van der Waals surface area contributed by atoms with Crippen molar-refractivity contribution in [3.8, 4) is 17.1 Å².